The first-order valence-corrected chi connectivity index (χ1v) is 16.4. The molecule has 7 nitrogen and oxygen atoms in total. The summed E-state index contributed by atoms with van der Waals surface area (Å²) in [5.74, 6) is 0.581. The Labute approximate surface area is 278 Å². The fraction of sp³-hybridized carbons (Fsp3) is 0.421. The number of H-pyrrole nitrogens is 1. The molecule has 2 aliphatic carbocycles. The van der Waals surface area contributed by atoms with Gasteiger partial charge in [-0.3, -0.25) is 9.59 Å². The summed E-state index contributed by atoms with van der Waals surface area (Å²) in [5.41, 5.74) is 2.17. The third-order valence-corrected chi connectivity index (χ3v) is 10.6. The quantitative estimate of drug-likeness (QED) is 0.178. The Morgan fingerprint density at radius 1 is 0.979 bits per heavy atom. The zero-order valence-corrected chi connectivity index (χ0v) is 28.0. The number of aromatic nitrogens is 1. The van der Waals surface area contributed by atoms with Crippen molar-refractivity contribution in [3.05, 3.63) is 89.1 Å². The molecule has 0 saturated heterocycles. The van der Waals surface area contributed by atoms with Crippen LogP contribution in [0.15, 0.2) is 66.7 Å². The van der Waals surface area contributed by atoms with Crippen molar-refractivity contribution >= 4 is 28.4 Å². The molecule has 2 saturated carbocycles. The van der Waals surface area contributed by atoms with E-state index in [9.17, 15) is 22.8 Å². The van der Waals surface area contributed by atoms with Gasteiger partial charge in [0.2, 0.25) is 11.8 Å². The molecule has 2 atom stereocenters. The number of fused-ring (bicyclic) bond motifs is 1. The standard InChI is InChI=1S/C38H42F3N3O4/c1-23-33(27-10-6-7-11-29(27)42-23)34-28(36(34,2)3)21-32(45)44(22-24-12-14-25(15-13-24)38(39,40)41)37(18-8-9-19-37)35(46)43-30-17-16-26(47-4)20-31(30)48-5/h6-7,10-17,20,28,34,42H,8-9,18-19,21-22H2,1-5H3,(H,43,46)/t28-,34+/m0/s1. The highest BCUT2D eigenvalue weighted by atomic mass is 19.4. The summed E-state index contributed by atoms with van der Waals surface area (Å²) in [7, 11) is 3.04. The molecule has 0 bridgehead atoms. The Hall–Kier alpha value is -4.47. The number of carbonyl (C=O) groups excluding carboxylic acids is 2. The lowest BCUT2D eigenvalue weighted by Crippen LogP contribution is -2.57. The molecule has 0 radical (unpaired) electrons. The Balaban J connectivity index is 1.34. The summed E-state index contributed by atoms with van der Waals surface area (Å²) < 4.78 is 51.0. The number of hydrogen-bond acceptors (Lipinski definition) is 4. The number of aromatic amines is 1. The molecule has 48 heavy (non-hydrogen) atoms. The molecule has 0 spiro atoms. The second kappa shape index (κ2) is 12.5. The smallest absolute Gasteiger partial charge is 0.416 e. The summed E-state index contributed by atoms with van der Waals surface area (Å²) in [6, 6.07) is 18.1. The van der Waals surface area contributed by atoms with Gasteiger partial charge in [0.1, 0.15) is 17.0 Å². The van der Waals surface area contributed by atoms with E-state index in [1.165, 1.54) is 31.9 Å². The first-order valence-electron chi connectivity index (χ1n) is 16.4. The lowest BCUT2D eigenvalue weighted by atomic mass is 9.91. The van der Waals surface area contributed by atoms with E-state index in [0.29, 0.717) is 35.6 Å². The van der Waals surface area contributed by atoms with E-state index < -0.39 is 17.3 Å². The second-order valence-corrected chi connectivity index (χ2v) is 13.8. The van der Waals surface area contributed by atoms with Crippen LogP contribution in [-0.2, 0) is 22.3 Å². The largest absolute Gasteiger partial charge is 0.497 e. The monoisotopic (exact) mass is 661 g/mol. The highest BCUT2D eigenvalue weighted by molar-refractivity contribution is 6.02. The number of rotatable bonds is 10. The van der Waals surface area contributed by atoms with Crippen molar-refractivity contribution in [2.24, 2.45) is 11.3 Å². The van der Waals surface area contributed by atoms with Crippen molar-refractivity contribution in [1.29, 1.82) is 0 Å². The molecular weight excluding hydrogens is 619 g/mol. The number of benzene rings is 3. The van der Waals surface area contributed by atoms with E-state index in [0.717, 1.165) is 41.6 Å². The van der Waals surface area contributed by atoms with Gasteiger partial charge in [0, 0.05) is 35.6 Å². The molecule has 0 aliphatic heterocycles. The van der Waals surface area contributed by atoms with Gasteiger partial charge in [-0.05, 0) is 78.5 Å². The number of nitrogens with one attached hydrogen (secondary N) is 2. The Morgan fingerprint density at radius 3 is 2.31 bits per heavy atom. The third kappa shape index (κ3) is 6.01. The lowest BCUT2D eigenvalue weighted by molar-refractivity contribution is -0.146. The molecule has 6 rings (SSSR count). The van der Waals surface area contributed by atoms with Crippen LogP contribution in [0.5, 0.6) is 11.5 Å². The van der Waals surface area contributed by atoms with Crippen LogP contribution in [-0.4, -0.2) is 41.5 Å². The minimum absolute atomic E-state index is 0.00800. The number of nitrogens with zero attached hydrogens (tertiary/aromatic N) is 1. The maximum Gasteiger partial charge on any atom is 0.416 e. The Morgan fingerprint density at radius 2 is 1.67 bits per heavy atom. The van der Waals surface area contributed by atoms with Gasteiger partial charge in [0.25, 0.3) is 0 Å². The molecule has 10 heteroatoms. The van der Waals surface area contributed by atoms with Crippen LogP contribution in [0.3, 0.4) is 0 Å². The molecule has 254 valence electrons. The Bertz CT molecular complexity index is 1820. The summed E-state index contributed by atoms with van der Waals surface area (Å²) in [6.07, 6.45) is -1.94. The zero-order valence-electron chi connectivity index (χ0n) is 28.0. The number of ether oxygens (including phenoxy) is 2. The average molecular weight is 662 g/mol. The maximum absolute atomic E-state index is 14.6. The summed E-state index contributed by atoms with van der Waals surface area (Å²) in [6.45, 7) is 6.41. The van der Waals surface area contributed by atoms with Crippen molar-refractivity contribution < 1.29 is 32.2 Å². The number of carbonyl (C=O) groups is 2. The van der Waals surface area contributed by atoms with Crippen LogP contribution >= 0.6 is 0 Å². The molecule has 2 fully saturated rings. The zero-order chi connectivity index (χ0) is 34.4. The minimum Gasteiger partial charge on any atom is -0.497 e. The molecule has 2 N–H and O–H groups in total. The van der Waals surface area contributed by atoms with E-state index in [1.807, 2.05) is 18.2 Å². The van der Waals surface area contributed by atoms with Gasteiger partial charge in [-0.2, -0.15) is 13.2 Å². The van der Waals surface area contributed by atoms with Gasteiger partial charge >= 0.3 is 6.18 Å². The first kappa shape index (κ1) is 33.4. The first-order chi connectivity index (χ1) is 22.8. The number of hydrogen-bond donors (Lipinski definition) is 2. The van der Waals surface area contributed by atoms with Crippen LogP contribution in [0, 0.1) is 18.3 Å². The predicted octanol–water partition coefficient (Wildman–Crippen LogP) is 8.62. The SMILES string of the molecule is COc1ccc(NC(=O)C2(N(Cc3ccc(C(F)(F)F)cc3)C(=O)C[C@H]3[C@H](c4c(C)[nH]c5ccccc45)C3(C)C)CCCC2)c(OC)c1. The van der Waals surface area contributed by atoms with Crippen molar-refractivity contribution in [2.75, 3.05) is 19.5 Å². The van der Waals surface area contributed by atoms with Crippen molar-refractivity contribution in [1.82, 2.24) is 9.88 Å². The molecule has 4 aromatic rings. The van der Waals surface area contributed by atoms with Crippen molar-refractivity contribution in [3.8, 4) is 11.5 Å². The van der Waals surface area contributed by atoms with Crippen LogP contribution < -0.4 is 14.8 Å². The fourth-order valence-corrected chi connectivity index (χ4v) is 7.88. The third-order valence-electron chi connectivity index (χ3n) is 10.6. The molecule has 1 heterocycles. The molecule has 2 amide bonds. The molecular formula is C38H42F3N3O4. The summed E-state index contributed by atoms with van der Waals surface area (Å²) in [5, 5.41) is 4.17. The maximum atomic E-state index is 14.6. The predicted molar refractivity (Wildman–Crippen MR) is 179 cm³/mol. The van der Waals surface area contributed by atoms with Crippen LogP contribution in [0.1, 0.15) is 74.3 Å². The van der Waals surface area contributed by atoms with Crippen molar-refractivity contribution in [3.63, 3.8) is 0 Å². The van der Waals surface area contributed by atoms with E-state index in [-0.39, 0.29) is 42.0 Å². The van der Waals surface area contributed by atoms with Gasteiger partial charge in [-0.15, -0.1) is 0 Å². The number of anilines is 1. The van der Waals surface area contributed by atoms with Gasteiger partial charge < -0.3 is 24.7 Å². The highest BCUT2D eigenvalue weighted by Gasteiger charge is 2.61. The van der Waals surface area contributed by atoms with Crippen molar-refractivity contribution in [2.45, 2.75) is 77.1 Å². The summed E-state index contributed by atoms with van der Waals surface area (Å²) in [4.78, 5) is 34.2. The fourth-order valence-electron chi connectivity index (χ4n) is 7.88. The van der Waals surface area contributed by atoms with Crippen LogP contribution in [0.25, 0.3) is 10.9 Å². The average Bonchev–Trinajstić information content (AvgIpc) is 3.41. The lowest BCUT2D eigenvalue weighted by Gasteiger charge is -2.40. The number of amides is 2. The van der Waals surface area contributed by atoms with Gasteiger partial charge in [0.15, 0.2) is 0 Å². The van der Waals surface area contributed by atoms with Gasteiger partial charge in [0.05, 0.1) is 25.5 Å². The minimum atomic E-state index is -4.48. The molecule has 2 aliphatic rings. The van der Waals surface area contributed by atoms with E-state index in [4.69, 9.17) is 9.47 Å². The van der Waals surface area contributed by atoms with Gasteiger partial charge in [-0.1, -0.05) is 57.0 Å². The summed E-state index contributed by atoms with van der Waals surface area (Å²) >= 11 is 0. The topological polar surface area (TPSA) is 83.7 Å². The molecule has 3 aromatic carbocycles. The number of halogens is 3. The number of para-hydroxylation sites is 1. The number of aryl methyl sites for hydroxylation is 1. The Kier molecular flexibility index (Phi) is 8.72. The van der Waals surface area contributed by atoms with Gasteiger partial charge in [-0.25, -0.2) is 0 Å². The van der Waals surface area contributed by atoms with E-state index >= 15 is 0 Å². The van der Waals surface area contributed by atoms with Crippen LogP contribution in [0.2, 0.25) is 0 Å². The second-order valence-electron chi connectivity index (χ2n) is 13.8. The molecule has 0 unspecified atom stereocenters. The number of methoxy groups -OCH3 is 2. The molecule has 1 aromatic heterocycles. The van der Waals surface area contributed by atoms with Crippen LogP contribution in [0.4, 0.5) is 18.9 Å². The highest BCUT2D eigenvalue weighted by Crippen LogP contribution is 2.67. The number of alkyl halides is 3. The van der Waals surface area contributed by atoms with E-state index in [2.05, 4.69) is 37.1 Å². The normalized spacial score (nSPS) is 19.6. The van der Waals surface area contributed by atoms with E-state index in [1.54, 1.807) is 23.1 Å².